The Morgan fingerprint density at radius 3 is 2.53 bits per heavy atom. The molecule has 2 nitrogen and oxygen atoms in total. The normalized spacial score (nSPS) is 12.5. The zero-order chi connectivity index (χ0) is 12.4. The minimum absolute atomic E-state index is 0.235. The average Bonchev–Trinajstić information content (AvgIpc) is 2.29. The van der Waals surface area contributed by atoms with Crippen molar-refractivity contribution < 1.29 is 4.39 Å². The van der Waals surface area contributed by atoms with Crippen LogP contribution in [0.1, 0.15) is 28.3 Å². The number of aryl methyl sites for hydroxylation is 2. The van der Waals surface area contributed by atoms with Crippen molar-refractivity contribution in [3.63, 3.8) is 0 Å². The number of benzene rings is 1. The van der Waals surface area contributed by atoms with E-state index in [1.807, 2.05) is 19.9 Å². The molecule has 2 N–H and O–H groups in total. The van der Waals surface area contributed by atoms with Crippen LogP contribution in [0.4, 0.5) is 4.39 Å². The molecule has 0 aliphatic rings. The Hall–Kier alpha value is -1.74. The van der Waals surface area contributed by atoms with Crippen molar-refractivity contribution in [1.29, 1.82) is 0 Å². The summed E-state index contributed by atoms with van der Waals surface area (Å²) in [5, 5.41) is 0. The molecule has 0 saturated carbocycles. The molecule has 1 aromatic carbocycles. The molecule has 1 atom stereocenters. The smallest absolute Gasteiger partial charge is 0.123 e. The molecule has 88 valence electrons. The summed E-state index contributed by atoms with van der Waals surface area (Å²) in [4.78, 5) is 4.09. The predicted molar refractivity (Wildman–Crippen MR) is 66.1 cm³/mol. The van der Waals surface area contributed by atoms with Gasteiger partial charge in [-0.3, -0.25) is 4.98 Å². The van der Waals surface area contributed by atoms with Gasteiger partial charge in [0.1, 0.15) is 5.82 Å². The van der Waals surface area contributed by atoms with Gasteiger partial charge in [0, 0.05) is 12.4 Å². The molecule has 0 spiro atoms. The molecule has 2 aromatic rings. The van der Waals surface area contributed by atoms with Crippen LogP contribution in [-0.4, -0.2) is 4.98 Å². The van der Waals surface area contributed by atoms with Gasteiger partial charge in [-0.1, -0.05) is 6.07 Å². The Morgan fingerprint density at radius 1 is 1.12 bits per heavy atom. The van der Waals surface area contributed by atoms with Crippen molar-refractivity contribution in [1.82, 2.24) is 4.98 Å². The van der Waals surface area contributed by atoms with E-state index in [1.54, 1.807) is 18.5 Å². The van der Waals surface area contributed by atoms with Crippen molar-refractivity contribution in [3.05, 3.63) is 64.7 Å². The molecule has 2 rings (SSSR count). The summed E-state index contributed by atoms with van der Waals surface area (Å²) in [6, 6.07) is 6.34. The van der Waals surface area contributed by atoms with Gasteiger partial charge in [0.05, 0.1) is 6.04 Å². The van der Waals surface area contributed by atoms with E-state index < -0.39 is 0 Å². The Balaban J connectivity index is 2.44. The van der Waals surface area contributed by atoms with E-state index >= 15 is 0 Å². The van der Waals surface area contributed by atoms with Gasteiger partial charge < -0.3 is 5.73 Å². The van der Waals surface area contributed by atoms with E-state index in [-0.39, 0.29) is 11.9 Å². The van der Waals surface area contributed by atoms with Crippen LogP contribution in [0.25, 0.3) is 0 Å². The number of rotatable bonds is 2. The number of halogens is 1. The Bertz CT molecular complexity index is 537. The topological polar surface area (TPSA) is 38.9 Å². The first-order valence-corrected chi connectivity index (χ1v) is 5.51. The first-order valence-electron chi connectivity index (χ1n) is 5.51. The van der Waals surface area contributed by atoms with Crippen LogP contribution in [0, 0.1) is 19.7 Å². The second-order valence-electron chi connectivity index (χ2n) is 4.21. The minimum atomic E-state index is -0.260. The predicted octanol–water partition coefficient (Wildman–Crippen LogP) is 2.89. The second-order valence-corrected chi connectivity index (χ2v) is 4.21. The maximum absolute atomic E-state index is 13.0. The highest BCUT2D eigenvalue weighted by Crippen LogP contribution is 2.24. The van der Waals surface area contributed by atoms with Crippen LogP contribution in [0.2, 0.25) is 0 Å². The summed E-state index contributed by atoms with van der Waals surface area (Å²) in [5.41, 5.74) is 10.1. The Morgan fingerprint density at radius 2 is 1.88 bits per heavy atom. The average molecular weight is 230 g/mol. The number of hydrogen-bond acceptors (Lipinski definition) is 2. The first kappa shape index (κ1) is 11.7. The van der Waals surface area contributed by atoms with Gasteiger partial charge in [0.25, 0.3) is 0 Å². The van der Waals surface area contributed by atoms with Crippen LogP contribution >= 0.6 is 0 Å². The molecule has 1 unspecified atom stereocenters. The van der Waals surface area contributed by atoms with Crippen LogP contribution in [0.5, 0.6) is 0 Å². The Labute approximate surface area is 100 Å². The lowest BCUT2D eigenvalue weighted by atomic mass is 9.94. The highest BCUT2D eigenvalue weighted by molar-refractivity contribution is 5.38. The van der Waals surface area contributed by atoms with Crippen molar-refractivity contribution in [3.8, 4) is 0 Å². The van der Waals surface area contributed by atoms with E-state index in [4.69, 9.17) is 5.73 Å². The summed E-state index contributed by atoms with van der Waals surface area (Å²) in [7, 11) is 0. The molecule has 0 aliphatic carbocycles. The monoisotopic (exact) mass is 230 g/mol. The third kappa shape index (κ3) is 2.34. The molecule has 1 heterocycles. The summed E-state index contributed by atoms with van der Waals surface area (Å²) >= 11 is 0. The number of nitrogens with zero attached hydrogens (tertiary/aromatic N) is 1. The lowest BCUT2D eigenvalue weighted by molar-refractivity contribution is 0.624. The fourth-order valence-corrected chi connectivity index (χ4v) is 1.96. The second kappa shape index (κ2) is 4.63. The molecule has 0 bridgehead atoms. The summed E-state index contributed by atoms with van der Waals surface area (Å²) in [6.07, 6.45) is 3.51. The lowest BCUT2D eigenvalue weighted by Crippen LogP contribution is -2.15. The van der Waals surface area contributed by atoms with Gasteiger partial charge in [0.2, 0.25) is 0 Å². The molecule has 0 saturated heterocycles. The van der Waals surface area contributed by atoms with E-state index in [0.29, 0.717) is 0 Å². The van der Waals surface area contributed by atoms with Gasteiger partial charge in [-0.25, -0.2) is 4.39 Å². The maximum atomic E-state index is 13.0. The third-order valence-corrected chi connectivity index (χ3v) is 2.98. The Kier molecular flexibility index (Phi) is 3.20. The van der Waals surface area contributed by atoms with Crippen molar-refractivity contribution >= 4 is 0 Å². The number of hydrogen-bond donors (Lipinski definition) is 1. The molecule has 0 fully saturated rings. The maximum Gasteiger partial charge on any atom is 0.123 e. The molecule has 0 aliphatic heterocycles. The van der Waals surface area contributed by atoms with Crippen LogP contribution < -0.4 is 5.73 Å². The fraction of sp³-hybridized carbons (Fsp3) is 0.214. The van der Waals surface area contributed by atoms with Crippen molar-refractivity contribution in [2.24, 2.45) is 5.73 Å². The summed E-state index contributed by atoms with van der Waals surface area (Å²) < 4.78 is 13.0. The highest BCUT2D eigenvalue weighted by atomic mass is 19.1. The van der Waals surface area contributed by atoms with Gasteiger partial charge in [-0.05, 0) is 54.3 Å². The molecule has 3 heteroatoms. The SMILES string of the molecule is Cc1cc(F)ccc1C(N)c1cnccc1C. The van der Waals surface area contributed by atoms with Gasteiger partial charge >= 0.3 is 0 Å². The molecular formula is C14H15FN2. The minimum Gasteiger partial charge on any atom is -0.320 e. The van der Waals surface area contributed by atoms with Crippen molar-refractivity contribution in [2.45, 2.75) is 19.9 Å². The van der Waals surface area contributed by atoms with E-state index in [0.717, 1.165) is 22.3 Å². The van der Waals surface area contributed by atoms with Gasteiger partial charge in [0.15, 0.2) is 0 Å². The van der Waals surface area contributed by atoms with Crippen LogP contribution in [0.15, 0.2) is 36.7 Å². The standard InChI is InChI=1S/C14H15FN2/c1-9-5-6-17-8-13(9)14(16)12-4-3-11(15)7-10(12)2/h3-8,14H,16H2,1-2H3. The molecule has 1 aromatic heterocycles. The van der Waals surface area contributed by atoms with Gasteiger partial charge in [-0.2, -0.15) is 0 Å². The third-order valence-electron chi connectivity index (χ3n) is 2.98. The van der Waals surface area contributed by atoms with E-state index in [1.165, 1.54) is 12.1 Å². The highest BCUT2D eigenvalue weighted by Gasteiger charge is 2.13. The first-order chi connectivity index (χ1) is 8.09. The molecule has 17 heavy (non-hydrogen) atoms. The largest absolute Gasteiger partial charge is 0.320 e. The van der Waals surface area contributed by atoms with Gasteiger partial charge in [-0.15, -0.1) is 0 Å². The van der Waals surface area contributed by atoms with Crippen LogP contribution in [-0.2, 0) is 0 Å². The number of pyridine rings is 1. The molecule has 0 radical (unpaired) electrons. The number of nitrogens with two attached hydrogens (primary N) is 1. The summed E-state index contributed by atoms with van der Waals surface area (Å²) in [6.45, 7) is 3.86. The van der Waals surface area contributed by atoms with Crippen molar-refractivity contribution in [2.75, 3.05) is 0 Å². The number of aromatic nitrogens is 1. The molecular weight excluding hydrogens is 215 g/mol. The zero-order valence-electron chi connectivity index (χ0n) is 9.94. The quantitative estimate of drug-likeness (QED) is 0.861. The van der Waals surface area contributed by atoms with E-state index in [2.05, 4.69) is 4.98 Å². The zero-order valence-corrected chi connectivity index (χ0v) is 9.94. The molecule has 0 amide bonds. The lowest BCUT2D eigenvalue weighted by Gasteiger charge is -2.16. The van der Waals surface area contributed by atoms with Crippen LogP contribution in [0.3, 0.4) is 0 Å². The fourth-order valence-electron chi connectivity index (χ4n) is 1.96. The summed E-state index contributed by atoms with van der Waals surface area (Å²) in [5.74, 6) is -0.235. The van der Waals surface area contributed by atoms with E-state index in [9.17, 15) is 4.39 Å².